The second-order valence-corrected chi connectivity index (χ2v) is 28.4. The number of aromatic amines is 2. The molecule has 3 aromatic rings. The van der Waals surface area contributed by atoms with Crippen LogP contribution in [0.4, 0.5) is 0 Å². The average Bonchev–Trinajstić information content (AvgIpc) is 3.81. The number of Topliss-reactive ketones (excluding diaryl/α,β-unsaturated/α-hetero) is 1. The number of esters is 1. The first-order valence-electron chi connectivity index (χ1n) is 20.6. The van der Waals surface area contributed by atoms with Crippen LogP contribution in [0.1, 0.15) is 131 Å². The number of carbonyl (C=O) groups excluding carboxylic acids is 4. The van der Waals surface area contributed by atoms with E-state index in [4.69, 9.17) is 14.7 Å². The lowest BCUT2D eigenvalue weighted by Crippen LogP contribution is -2.27. The third-order valence-electron chi connectivity index (χ3n) is 11.9. The molecular weight excluding hydrogens is 766 g/mol. The molecule has 0 aromatic carbocycles. The van der Waals surface area contributed by atoms with E-state index in [1.165, 1.54) is 7.11 Å². The number of aromatic nitrogens is 4. The summed E-state index contributed by atoms with van der Waals surface area (Å²) in [5.41, 5.74) is 9.07. The van der Waals surface area contributed by atoms with E-state index in [0.717, 1.165) is 58.0 Å². The largest absolute Gasteiger partial charge is 0.469 e. The summed E-state index contributed by atoms with van der Waals surface area (Å²) >= 11 is 0. The summed E-state index contributed by atoms with van der Waals surface area (Å²) in [6.07, 6.45) is 3.30. The van der Waals surface area contributed by atoms with Gasteiger partial charge < -0.3 is 25.3 Å². The maximum absolute atomic E-state index is 14.4. The smallest absolute Gasteiger partial charge is 0.310 e. The predicted octanol–water partition coefficient (Wildman–Crippen LogP) is 8.47. The van der Waals surface area contributed by atoms with Crippen molar-refractivity contribution in [2.24, 2.45) is 0 Å². The van der Waals surface area contributed by atoms with E-state index >= 15 is 0 Å². The van der Waals surface area contributed by atoms with Gasteiger partial charge in [-0.2, -0.15) is 0 Å². The second-order valence-electron chi connectivity index (χ2n) is 18.3. The Morgan fingerprint density at radius 3 is 1.91 bits per heavy atom. The summed E-state index contributed by atoms with van der Waals surface area (Å²) in [4.78, 5) is 72.1. The van der Waals surface area contributed by atoms with Crippen molar-refractivity contribution in [2.75, 3.05) is 72.5 Å². The summed E-state index contributed by atoms with van der Waals surface area (Å²) in [6.45, 7) is 26.6. The minimum atomic E-state index is -1.16. The zero-order valence-electron chi connectivity index (χ0n) is 37.0. The molecule has 0 unspecified atom stereocenters. The minimum Gasteiger partial charge on any atom is -0.469 e. The van der Waals surface area contributed by atoms with E-state index in [-0.39, 0.29) is 54.1 Å². The summed E-state index contributed by atoms with van der Waals surface area (Å²) in [5.74, 6) is -1.03. The van der Waals surface area contributed by atoms with Gasteiger partial charge in [-0.3, -0.25) is 29.1 Å². The Balaban J connectivity index is 1.87. The Morgan fingerprint density at radius 1 is 0.759 bits per heavy atom. The van der Waals surface area contributed by atoms with Crippen molar-refractivity contribution in [3.05, 3.63) is 68.8 Å². The molecule has 3 aromatic heterocycles. The molecule has 4 N–H and O–H groups in total. The highest BCUT2D eigenvalue weighted by Crippen LogP contribution is 2.47. The number of rotatable bonds is 14. The van der Waals surface area contributed by atoms with Gasteiger partial charge in [0.15, 0.2) is 5.78 Å². The molecule has 58 heavy (non-hydrogen) atoms. The monoisotopic (exact) mass is 832 g/mol. The van der Waals surface area contributed by atoms with Crippen molar-refractivity contribution in [2.45, 2.75) is 90.9 Å². The Bertz CT molecular complexity index is 2250. The normalized spacial score (nSPS) is 18.2. The lowest BCUT2D eigenvalue weighted by molar-refractivity contribution is -0.139. The van der Waals surface area contributed by atoms with Crippen LogP contribution >= 0.6 is 14.5 Å². The molecule has 2 aliphatic heterocycles. The fourth-order valence-electron chi connectivity index (χ4n) is 8.35. The molecule has 0 fully saturated rings. The van der Waals surface area contributed by atoms with Crippen molar-refractivity contribution >= 4 is 60.2 Å². The molecule has 5 rings (SSSR count). The first kappa shape index (κ1) is 45.1. The third kappa shape index (κ3) is 10.3. The molecule has 0 aliphatic carbocycles. The van der Waals surface area contributed by atoms with Crippen LogP contribution in [-0.2, 0) is 20.7 Å². The van der Waals surface area contributed by atoms with Gasteiger partial charge in [0.25, 0.3) is 5.91 Å². The number of fused-ring (bicyclic) bond motifs is 8. The number of nitrogens with one attached hydrogen (secondary N) is 4. The zero-order valence-corrected chi connectivity index (χ0v) is 38.8. The van der Waals surface area contributed by atoms with Gasteiger partial charge in [-0.05, 0) is 62.9 Å². The van der Waals surface area contributed by atoms with Gasteiger partial charge in [0.05, 0.1) is 61.2 Å². The number of carbonyl (C=O) groups is 4. The molecule has 314 valence electrons. The third-order valence-corrected chi connectivity index (χ3v) is 15.0. The van der Waals surface area contributed by atoms with Crippen LogP contribution in [0.15, 0.2) is 18.2 Å². The van der Waals surface area contributed by atoms with Gasteiger partial charge in [-0.1, -0.05) is 20.8 Å². The first-order chi connectivity index (χ1) is 27.1. The number of hydrogen-bond donors (Lipinski definition) is 4. The number of ether oxygens (including phenoxy) is 1. The number of ketones is 1. The quantitative estimate of drug-likeness (QED) is 0.0721. The molecule has 11 nitrogen and oxygen atoms in total. The number of amides is 2. The van der Waals surface area contributed by atoms with E-state index in [0.29, 0.717) is 52.9 Å². The van der Waals surface area contributed by atoms with Crippen LogP contribution in [0.25, 0.3) is 22.1 Å². The van der Waals surface area contributed by atoms with Crippen molar-refractivity contribution in [1.29, 1.82) is 0 Å². The SMILES string of the molecule is CC[C@H]1c2cc3[nH]c(c(CC(=O)OC)c4nc(cc5[nH]c(cc(n2)[C@@H]1C)c(C(C)=O)c5C)[C@@H](C)[C@@H]4CCC(=O)NCC[P+](C)(C)C)c(C(=O)NCC[P+](C)(C)C)c3C. The Morgan fingerprint density at radius 2 is 1.31 bits per heavy atom. The van der Waals surface area contributed by atoms with E-state index in [2.05, 4.69) is 81.4 Å². The molecular formula is C45H66N6O5P2+2. The van der Waals surface area contributed by atoms with Crippen LogP contribution in [-0.4, -0.2) is 116 Å². The molecule has 2 aliphatic rings. The second kappa shape index (κ2) is 18.1. The van der Waals surface area contributed by atoms with Crippen LogP contribution in [0.5, 0.6) is 0 Å². The highest BCUT2D eigenvalue weighted by Gasteiger charge is 2.35. The molecule has 13 heteroatoms. The fourth-order valence-corrected chi connectivity index (χ4v) is 9.91. The Kier molecular flexibility index (Phi) is 14.1. The fraction of sp³-hybridized carbons (Fsp3) is 0.556. The number of aryl methyl sites for hydroxylation is 2. The van der Waals surface area contributed by atoms with E-state index < -0.39 is 20.5 Å². The van der Waals surface area contributed by atoms with Crippen LogP contribution in [0, 0.1) is 13.8 Å². The maximum Gasteiger partial charge on any atom is 0.310 e. The number of nitrogens with zero attached hydrogens (tertiary/aromatic N) is 2. The average molecular weight is 833 g/mol. The van der Waals surface area contributed by atoms with Gasteiger partial charge in [-0.15, -0.1) is 0 Å². The van der Waals surface area contributed by atoms with E-state index in [1.807, 2.05) is 32.0 Å². The van der Waals surface area contributed by atoms with Gasteiger partial charge in [-0.25, -0.2) is 0 Å². The van der Waals surface area contributed by atoms with E-state index in [9.17, 15) is 19.2 Å². The van der Waals surface area contributed by atoms with E-state index in [1.54, 1.807) is 6.92 Å². The lowest BCUT2D eigenvalue weighted by Gasteiger charge is -2.18. The minimum absolute atomic E-state index is 0.0285. The molecule has 5 heterocycles. The molecule has 2 amide bonds. The van der Waals surface area contributed by atoms with Gasteiger partial charge in [0.1, 0.15) is 0 Å². The summed E-state index contributed by atoms with van der Waals surface area (Å²) in [6, 6.07) is 6.04. The Hall–Kier alpha value is -3.94. The summed E-state index contributed by atoms with van der Waals surface area (Å²) < 4.78 is 5.29. The van der Waals surface area contributed by atoms with Crippen LogP contribution in [0.2, 0.25) is 0 Å². The summed E-state index contributed by atoms with van der Waals surface area (Å²) in [7, 11) is -0.859. The Labute approximate surface area is 345 Å². The predicted molar refractivity (Wildman–Crippen MR) is 242 cm³/mol. The molecule has 0 saturated heterocycles. The summed E-state index contributed by atoms with van der Waals surface area (Å²) in [5, 5.41) is 6.33. The van der Waals surface area contributed by atoms with Gasteiger partial charge in [0, 0.05) is 124 Å². The van der Waals surface area contributed by atoms with Gasteiger partial charge >= 0.3 is 5.97 Å². The standard InChI is InChI=1S/C45H64N6O5P2/c1-14-30-25(2)33-24-38-41(29(6)52)27(4)35(49-38)22-34-26(3)31(15-16-39(53)46-17-19-57(8,9)10)43(50-34)32(21-40(54)56-7)44-42(45(55)47-18-20-58(11,12)13)28(5)36(51-44)23-37(30)48-33/h22-26,30-31H,14-21H2,1-13H3,(H2-2,46,47,48,49,50,51,52,53,55)/p+2/t25-,26+,30-,31+/m1/s1. The highest BCUT2D eigenvalue weighted by molar-refractivity contribution is 7.74. The topological polar surface area (TPSA) is 159 Å². The zero-order chi connectivity index (χ0) is 42.9. The number of methoxy groups -OCH3 is 1. The van der Waals surface area contributed by atoms with Crippen molar-refractivity contribution in [1.82, 2.24) is 30.6 Å². The first-order valence-corrected chi connectivity index (χ1v) is 27.3. The van der Waals surface area contributed by atoms with Crippen LogP contribution in [0.3, 0.4) is 0 Å². The van der Waals surface area contributed by atoms with Gasteiger partial charge in [0.2, 0.25) is 5.91 Å². The molecule has 0 saturated carbocycles. The molecule has 8 bridgehead atoms. The number of hydrogen-bond acceptors (Lipinski definition) is 7. The molecule has 4 atom stereocenters. The molecule has 0 spiro atoms. The highest BCUT2D eigenvalue weighted by atomic mass is 31.2. The van der Waals surface area contributed by atoms with Crippen molar-refractivity contribution < 1.29 is 23.9 Å². The van der Waals surface area contributed by atoms with Crippen molar-refractivity contribution in [3.63, 3.8) is 0 Å². The van der Waals surface area contributed by atoms with Crippen LogP contribution < -0.4 is 10.6 Å². The molecule has 0 radical (unpaired) electrons. The lowest BCUT2D eigenvalue weighted by atomic mass is 9.85. The maximum atomic E-state index is 14.4. The van der Waals surface area contributed by atoms with Crippen molar-refractivity contribution in [3.8, 4) is 0 Å². The number of H-pyrrole nitrogens is 2.